The lowest BCUT2D eigenvalue weighted by atomic mass is 10.1. The Labute approximate surface area is 122 Å². The van der Waals surface area contributed by atoms with Crippen LogP contribution in [0, 0.1) is 0 Å². The van der Waals surface area contributed by atoms with E-state index in [-0.39, 0.29) is 0 Å². The normalized spacial score (nSPS) is 10.7. The van der Waals surface area contributed by atoms with Crippen LogP contribution in [0.3, 0.4) is 0 Å². The first-order chi connectivity index (χ1) is 9.22. The molecule has 0 aliphatic carbocycles. The summed E-state index contributed by atoms with van der Waals surface area (Å²) >= 11 is 7.84. The second-order valence-corrected chi connectivity index (χ2v) is 5.53. The summed E-state index contributed by atoms with van der Waals surface area (Å²) in [6.45, 7) is 3.16. The van der Waals surface area contributed by atoms with Crippen molar-refractivity contribution in [1.29, 1.82) is 0 Å². The van der Waals surface area contributed by atoms with Crippen molar-refractivity contribution in [3.8, 4) is 5.75 Å². The van der Waals surface area contributed by atoms with Crippen LogP contribution < -0.4 is 10.5 Å². The number of hydrogen-bond acceptors (Lipinski definition) is 4. The van der Waals surface area contributed by atoms with E-state index in [4.69, 9.17) is 22.1 Å². The fraction of sp³-hybridized carbons (Fsp3) is 0.357. The molecule has 0 spiro atoms. The summed E-state index contributed by atoms with van der Waals surface area (Å²) in [4.78, 5) is 4.45. The molecule has 2 N–H and O–H groups in total. The largest absolute Gasteiger partial charge is 0.486 e. The highest BCUT2D eigenvalue weighted by molar-refractivity contribution is 7.09. The summed E-state index contributed by atoms with van der Waals surface area (Å²) in [7, 11) is 0. The maximum absolute atomic E-state index is 6.18. The quantitative estimate of drug-likeness (QED) is 0.888. The van der Waals surface area contributed by atoms with Gasteiger partial charge in [-0.25, -0.2) is 4.98 Å². The first-order valence-electron chi connectivity index (χ1n) is 6.27. The van der Waals surface area contributed by atoms with Gasteiger partial charge in [-0.1, -0.05) is 24.6 Å². The molecule has 0 aliphatic rings. The van der Waals surface area contributed by atoms with Crippen LogP contribution in [-0.2, 0) is 19.4 Å². The van der Waals surface area contributed by atoms with Gasteiger partial charge in [-0.05, 0) is 37.1 Å². The highest BCUT2D eigenvalue weighted by Crippen LogP contribution is 2.26. The Morgan fingerprint density at radius 2 is 2.26 bits per heavy atom. The third-order valence-corrected chi connectivity index (χ3v) is 4.04. The number of benzene rings is 1. The van der Waals surface area contributed by atoms with Crippen molar-refractivity contribution in [2.45, 2.75) is 26.4 Å². The zero-order valence-corrected chi connectivity index (χ0v) is 12.4. The highest BCUT2D eigenvalue weighted by Gasteiger charge is 2.05. The Hall–Kier alpha value is -1.10. The fourth-order valence-electron chi connectivity index (χ4n) is 1.71. The molecule has 1 heterocycles. The van der Waals surface area contributed by atoms with Crippen molar-refractivity contribution >= 4 is 22.9 Å². The fourth-order valence-corrected chi connectivity index (χ4v) is 2.70. The lowest BCUT2D eigenvalue weighted by Crippen LogP contribution is -2.03. The molecule has 1 aromatic heterocycles. The smallest absolute Gasteiger partial charge is 0.138 e. The number of nitrogens with zero attached hydrogens (tertiary/aromatic N) is 1. The molecule has 0 unspecified atom stereocenters. The SMILES string of the molecule is CCc1nc(COc2ccc(CCN)cc2Cl)cs1. The first kappa shape index (κ1) is 14.3. The van der Waals surface area contributed by atoms with Crippen LogP contribution in [-0.4, -0.2) is 11.5 Å². The minimum Gasteiger partial charge on any atom is -0.486 e. The Morgan fingerprint density at radius 1 is 1.42 bits per heavy atom. The lowest BCUT2D eigenvalue weighted by molar-refractivity contribution is 0.302. The van der Waals surface area contributed by atoms with Gasteiger partial charge in [-0.15, -0.1) is 11.3 Å². The van der Waals surface area contributed by atoms with Crippen LogP contribution in [0.15, 0.2) is 23.6 Å². The van der Waals surface area contributed by atoms with Gasteiger partial charge >= 0.3 is 0 Å². The molecule has 0 bridgehead atoms. The number of hydrogen-bond donors (Lipinski definition) is 1. The monoisotopic (exact) mass is 296 g/mol. The number of rotatable bonds is 6. The number of halogens is 1. The van der Waals surface area contributed by atoms with Gasteiger partial charge in [0.2, 0.25) is 0 Å². The van der Waals surface area contributed by atoms with E-state index in [0.717, 1.165) is 29.1 Å². The molecule has 2 rings (SSSR count). The van der Waals surface area contributed by atoms with Gasteiger partial charge in [0.15, 0.2) is 0 Å². The van der Waals surface area contributed by atoms with Gasteiger partial charge < -0.3 is 10.5 Å². The molecule has 5 heteroatoms. The summed E-state index contributed by atoms with van der Waals surface area (Å²) in [6, 6.07) is 5.79. The van der Waals surface area contributed by atoms with E-state index in [1.165, 1.54) is 0 Å². The van der Waals surface area contributed by atoms with Crippen LogP contribution in [0.25, 0.3) is 0 Å². The Morgan fingerprint density at radius 3 is 2.89 bits per heavy atom. The van der Waals surface area contributed by atoms with Crippen LogP contribution in [0.1, 0.15) is 23.2 Å². The van der Waals surface area contributed by atoms with E-state index in [2.05, 4.69) is 11.9 Å². The van der Waals surface area contributed by atoms with Gasteiger partial charge in [-0.3, -0.25) is 0 Å². The minimum absolute atomic E-state index is 0.451. The molecule has 0 saturated heterocycles. The van der Waals surface area contributed by atoms with Gasteiger partial charge in [0.05, 0.1) is 15.7 Å². The topological polar surface area (TPSA) is 48.1 Å². The highest BCUT2D eigenvalue weighted by atomic mass is 35.5. The molecular weight excluding hydrogens is 280 g/mol. The van der Waals surface area contributed by atoms with Gasteiger partial charge in [0, 0.05) is 5.38 Å². The Balaban J connectivity index is 1.99. The zero-order chi connectivity index (χ0) is 13.7. The Kier molecular flexibility index (Phi) is 5.19. The summed E-state index contributed by atoms with van der Waals surface area (Å²) < 4.78 is 5.69. The van der Waals surface area contributed by atoms with Gasteiger partial charge in [0.1, 0.15) is 12.4 Å². The standard InChI is InChI=1S/C14H17ClN2OS/c1-2-14-17-11(9-19-14)8-18-13-4-3-10(5-6-16)7-12(13)15/h3-4,7,9H,2,5-6,8,16H2,1H3. The molecule has 3 nitrogen and oxygen atoms in total. The molecule has 0 fully saturated rings. The summed E-state index contributed by atoms with van der Waals surface area (Å²) in [5.74, 6) is 0.688. The Bertz CT molecular complexity index is 542. The third kappa shape index (κ3) is 3.93. The average molecular weight is 297 g/mol. The number of nitrogens with two attached hydrogens (primary N) is 1. The van der Waals surface area contributed by atoms with Crippen molar-refractivity contribution in [3.05, 3.63) is 44.9 Å². The lowest BCUT2D eigenvalue weighted by Gasteiger charge is -2.08. The molecule has 1 aromatic carbocycles. The summed E-state index contributed by atoms with van der Waals surface area (Å²) in [5.41, 5.74) is 7.59. The predicted molar refractivity (Wildman–Crippen MR) is 80.0 cm³/mol. The minimum atomic E-state index is 0.451. The molecule has 0 radical (unpaired) electrons. The third-order valence-electron chi connectivity index (χ3n) is 2.71. The second kappa shape index (κ2) is 6.89. The van der Waals surface area contributed by atoms with Gasteiger partial charge in [-0.2, -0.15) is 0 Å². The molecule has 0 aliphatic heterocycles. The van der Waals surface area contributed by atoms with E-state index in [9.17, 15) is 0 Å². The van der Waals surface area contributed by atoms with Crippen molar-refractivity contribution in [3.63, 3.8) is 0 Å². The van der Waals surface area contributed by atoms with E-state index in [1.807, 2.05) is 23.6 Å². The number of aryl methyl sites for hydroxylation is 1. The zero-order valence-electron chi connectivity index (χ0n) is 10.9. The van der Waals surface area contributed by atoms with Gasteiger partial charge in [0.25, 0.3) is 0 Å². The van der Waals surface area contributed by atoms with Crippen LogP contribution in [0.4, 0.5) is 0 Å². The van der Waals surface area contributed by atoms with E-state index in [1.54, 1.807) is 11.3 Å². The molecule has 19 heavy (non-hydrogen) atoms. The van der Waals surface area contributed by atoms with E-state index in [0.29, 0.717) is 23.9 Å². The second-order valence-electron chi connectivity index (χ2n) is 4.18. The van der Waals surface area contributed by atoms with E-state index < -0.39 is 0 Å². The molecule has 2 aromatic rings. The maximum Gasteiger partial charge on any atom is 0.138 e. The first-order valence-corrected chi connectivity index (χ1v) is 7.53. The van der Waals surface area contributed by atoms with Crippen molar-refractivity contribution in [2.75, 3.05) is 6.54 Å². The molecular formula is C14H17ClN2OS. The number of aromatic nitrogens is 1. The maximum atomic E-state index is 6.18. The molecule has 0 saturated carbocycles. The number of thiazole rings is 1. The molecule has 102 valence electrons. The molecule has 0 atom stereocenters. The van der Waals surface area contributed by atoms with Crippen molar-refractivity contribution in [1.82, 2.24) is 4.98 Å². The van der Waals surface area contributed by atoms with E-state index >= 15 is 0 Å². The predicted octanol–water partition coefficient (Wildman–Crippen LogP) is 3.44. The number of ether oxygens (including phenoxy) is 1. The van der Waals surface area contributed by atoms with Crippen LogP contribution in [0.5, 0.6) is 5.75 Å². The van der Waals surface area contributed by atoms with Crippen LogP contribution in [0.2, 0.25) is 5.02 Å². The van der Waals surface area contributed by atoms with Crippen LogP contribution >= 0.6 is 22.9 Å². The van der Waals surface area contributed by atoms with Crippen molar-refractivity contribution < 1.29 is 4.74 Å². The average Bonchev–Trinajstić information content (AvgIpc) is 2.86. The molecule has 0 amide bonds. The van der Waals surface area contributed by atoms with Crippen molar-refractivity contribution in [2.24, 2.45) is 5.73 Å². The summed E-state index contributed by atoms with van der Waals surface area (Å²) in [5, 5.41) is 3.77. The summed E-state index contributed by atoms with van der Waals surface area (Å²) in [6.07, 6.45) is 1.78.